The lowest BCUT2D eigenvalue weighted by Crippen LogP contribution is -2.35. The number of hydrogen-bond donors (Lipinski definition) is 2. The molecule has 1 atom stereocenters. The highest BCUT2D eigenvalue weighted by atomic mass is 14.9. The van der Waals surface area contributed by atoms with Crippen LogP contribution < -0.4 is 11.1 Å². The van der Waals surface area contributed by atoms with Crippen molar-refractivity contribution in [3.63, 3.8) is 0 Å². The van der Waals surface area contributed by atoms with E-state index in [0.29, 0.717) is 6.04 Å². The van der Waals surface area contributed by atoms with Gasteiger partial charge in [0.05, 0.1) is 0 Å². The molecule has 3 rings (SSSR count). The number of unbranched alkanes of at least 4 members (excludes halogenated alkanes) is 2. The summed E-state index contributed by atoms with van der Waals surface area (Å²) in [5.74, 6) is 0. The number of nitrogens with one attached hydrogen (secondary N) is 1. The number of anilines is 1. The van der Waals surface area contributed by atoms with Gasteiger partial charge >= 0.3 is 0 Å². The first-order chi connectivity index (χ1) is 11.3. The number of aromatic nitrogens is 1. The number of nitrogens with two attached hydrogens (primary N) is 1. The van der Waals surface area contributed by atoms with E-state index < -0.39 is 0 Å². The second-order valence-corrected chi connectivity index (χ2v) is 6.54. The Morgan fingerprint density at radius 2 is 1.96 bits per heavy atom. The minimum absolute atomic E-state index is 0.615. The van der Waals surface area contributed by atoms with Crippen LogP contribution in [0.3, 0.4) is 0 Å². The van der Waals surface area contributed by atoms with Gasteiger partial charge in [0.1, 0.15) is 0 Å². The summed E-state index contributed by atoms with van der Waals surface area (Å²) in [6.07, 6.45) is 12.2. The van der Waals surface area contributed by atoms with E-state index in [4.69, 9.17) is 5.73 Å². The molecule has 1 aliphatic rings. The van der Waals surface area contributed by atoms with Crippen molar-refractivity contribution in [2.75, 3.05) is 12.3 Å². The Kier molecular flexibility index (Phi) is 5.65. The van der Waals surface area contributed by atoms with Crippen LogP contribution in [0.2, 0.25) is 0 Å². The van der Waals surface area contributed by atoms with Crippen LogP contribution in [0.5, 0.6) is 0 Å². The maximum absolute atomic E-state index is 6.07. The van der Waals surface area contributed by atoms with Gasteiger partial charge in [-0.2, -0.15) is 0 Å². The number of nitrogen functional groups attached to an aromatic ring is 1. The second kappa shape index (κ2) is 8.11. The zero-order chi connectivity index (χ0) is 15.9. The van der Waals surface area contributed by atoms with Crippen molar-refractivity contribution < 1.29 is 0 Å². The van der Waals surface area contributed by atoms with Crippen LogP contribution in [0.15, 0.2) is 42.7 Å². The van der Waals surface area contributed by atoms with Crippen molar-refractivity contribution in [3.8, 4) is 0 Å². The predicted molar refractivity (Wildman–Crippen MR) is 96.5 cm³/mol. The van der Waals surface area contributed by atoms with Crippen molar-refractivity contribution in [3.05, 3.63) is 59.4 Å². The fourth-order valence-electron chi connectivity index (χ4n) is 3.50. The van der Waals surface area contributed by atoms with Crippen molar-refractivity contribution in [2.24, 2.45) is 0 Å². The molecule has 2 aromatic rings. The van der Waals surface area contributed by atoms with Gasteiger partial charge in [-0.15, -0.1) is 0 Å². The lowest BCUT2D eigenvalue weighted by molar-refractivity contribution is 0.449. The van der Waals surface area contributed by atoms with E-state index in [1.54, 1.807) is 0 Å². The molecule has 0 spiro atoms. The number of pyridine rings is 1. The fraction of sp³-hybridized carbons (Fsp3) is 0.450. The van der Waals surface area contributed by atoms with Crippen LogP contribution in [0, 0.1) is 0 Å². The first-order valence-corrected chi connectivity index (χ1v) is 8.81. The molecule has 0 bridgehead atoms. The number of rotatable bonds is 7. The van der Waals surface area contributed by atoms with E-state index in [-0.39, 0.29) is 0 Å². The quantitative estimate of drug-likeness (QED) is 0.608. The smallest absolute Gasteiger partial charge is 0.0349 e. The fourth-order valence-corrected chi connectivity index (χ4v) is 3.50. The average Bonchev–Trinajstić information content (AvgIpc) is 2.59. The molecule has 3 heteroatoms. The Balaban J connectivity index is 1.33. The third kappa shape index (κ3) is 4.55. The van der Waals surface area contributed by atoms with E-state index in [1.165, 1.54) is 48.8 Å². The van der Waals surface area contributed by atoms with Crippen LogP contribution >= 0.6 is 0 Å². The van der Waals surface area contributed by atoms with Crippen LogP contribution in [0.25, 0.3) is 0 Å². The topological polar surface area (TPSA) is 50.9 Å². The molecule has 1 aromatic heterocycles. The molecule has 0 radical (unpaired) electrons. The van der Waals surface area contributed by atoms with Gasteiger partial charge in [-0.3, -0.25) is 4.98 Å². The Bertz CT molecular complexity index is 610. The summed E-state index contributed by atoms with van der Waals surface area (Å²) in [6, 6.07) is 11.2. The SMILES string of the molecule is Nc1cccc2c1CCC(NCCCCCc1ccncc1)C2. The minimum Gasteiger partial charge on any atom is -0.398 e. The lowest BCUT2D eigenvalue weighted by atomic mass is 9.87. The zero-order valence-electron chi connectivity index (χ0n) is 13.8. The van der Waals surface area contributed by atoms with Gasteiger partial charge in [0, 0.05) is 24.1 Å². The monoisotopic (exact) mass is 309 g/mol. The number of fused-ring (bicyclic) bond motifs is 1. The van der Waals surface area contributed by atoms with Gasteiger partial charge < -0.3 is 11.1 Å². The zero-order valence-corrected chi connectivity index (χ0v) is 13.8. The largest absolute Gasteiger partial charge is 0.398 e. The summed E-state index contributed by atoms with van der Waals surface area (Å²) in [5.41, 5.74) is 11.2. The van der Waals surface area contributed by atoms with E-state index >= 15 is 0 Å². The number of benzene rings is 1. The van der Waals surface area contributed by atoms with Gasteiger partial charge in [0.15, 0.2) is 0 Å². The summed E-state index contributed by atoms with van der Waals surface area (Å²) in [7, 11) is 0. The molecule has 3 nitrogen and oxygen atoms in total. The molecule has 0 saturated heterocycles. The predicted octanol–water partition coefficient (Wildman–Crippen LogP) is 3.52. The maximum atomic E-state index is 6.07. The summed E-state index contributed by atoms with van der Waals surface area (Å²) >= 11 is 0. The molecular formula is C20H27N3. The van der Waals surface area contributed by atoms with E-state index in [2.05, 4.69) is 34.6 Å². The summed E-state index contributed by atoms with van der Waals surface area (Å²) in [6.45, 7) is 1.12. The summed E-state index contributed by atoms with van der Waals surface area (Å²) < 4.78 is 0. The standard InChI is InChI=1S/C20H27N3/c21-20-7-4-6-17-15-18(8-9-19(17)20)23-12-3-1-2-5-16-10-13-22-14-11-16/h4,6-7,10-11,13-14,18,23H,1-3,5,8-9,12,15,21H2. The van der Waals surface area contributed by atoms with E-state index in [9.17, 15) is 0 Å². The van der Waals surface area contributed by atoms with Crippen LogP contribution in [-0.4, -0.2) is 17.6 Å². The van der Waals surface area contributed by atoms with Gasteiger partial charge in [-0.1, -0.05) is 18.6 Å². The maximum Gasteiger partial charge on any atom is 0.0349 e. The van der Waals surface area contributed by atoms with Crippen LogP contribution in [0.1, 0.15) is 42.4 Å². The Hall–Kier alpha value is -1.87. The molecule has 1 aliphatic carbocycles. The molecular weight excluding hydrogens is 282 g/mol. The van der Waals surface area contributed by atoms with Gasteiger partial charge in [0.25, 0.3) is 0 Å². The first kappa shape index (κ1) is 16.0. The van der Waals surface area contributed by atoms with E-state index in [0.717, 1.165) is 25.1 Å². The van der Waals surface area contributed by atoms with Gasteiger partial charge in [-0.05, 0) is 80.0 Å². The number of nitrogens with zero attached hydrogens (tertiary/aromatic N) is 1. The molecule has 3 N–H and O–H groups in total. The molecule has 0 fully saturated rings. The Morgan fingerprint density at radius 3 is 2.83 bits per heavy atom. The summed E-state index contributed by atoms with van der Waals surface area (Å²) in [5, 5.41) is 3.73. The van der Waals surface area contributed by atoms with E-state index in [1.807, 2.05) is 18.5 Å². The average molecular weight is 309 g/mol. The lowest BCUT2D eigenvalue weighted by Gasteiger charge is -2.26. The first-order valence-electron chi connectivity index (χ1n) is 8.81. The van der Waals surface area contributed by atoms with Gasteiger partial charge in [-0.25, -0.2) is 0 Å². The summed E-state index contributed by atoms with van der Waals surface area (Å²) in [4.78, 5) is 4.06. The van der Waals surface area contributed by atoms with Gasteiger partial charge in [0.2, 0.25) is 0 Å². The second-order valence-electron chi connectivity index (χ2n) is 6.54. The van der Waals surface area contributed by atoms with Crippen molar-refractivity contribution in [2.45, 2.75) is 51.0 Å². The molecule has 1 unspecified atom stereocenters. The third-order valence-electron chi connectivity index (χ3n) is 4.84. The molecule has 1 heterocycles. The van der Waals surface area contributed by atoms with Crippen molar-refractivity contribution in [1.29, 1.82) is 0 Å². The minimum atomic E-state index is 0.615. The third-order valence-corrected chi connectivity index (χ3v) is 4.84. The Labute approximate surface area is 139 Å². The molecule has 0 aliphatic heterocycles. The molecule has 0 saturated carbocycles. The molecule has 0 amide bonds. The normalized spacial score (nSPS) is 17.0. The van der Waals surface area contributed by atoms with Crippen molar-refractivity contribution >= 4 is 5.69 Å². The highest BCUT2D eigenvalue weighted by Crippen LogP contribution is 2.26. The molecule has 1 aromatic carbocycles. The molecule has 23 heavy (non-hydrogen) atoms. The van der Waals surface area contributed by atoms with Crippen molar-refractivity contribution in [1.82, 2.24) is 10.3 Å². The van der Waals surface area contributed by atoms with Crippen LogP contribution in [-0.2, 0) is 19.3 Å². The molecule has 122 valence electrons. The Morgan fingerprint density at radius 1 is 1.09 bits per heavy atom. The number of aryl methyl sites for hydroxylation is 1. The van der Waals surface area contributed by atoms with Crippen LogP contribution in [0.4, 0.5) is 5.69 Å². The highest BCUT2D eigenvalue weighted by Gasteiger charge is 2.19. The number of hydrogen-bond acceptors (Lipinski definition) is 3. The highest BCUT2D eigenvalue weighted by molar-refractivity contribution is 5.52.